The van der Waals surface area contributed by atoms with Crippen molar-refractivity contribution in [2.24, 2.45) is 0 Å². The van der Waals surface area contributed by atoms with Crippen LogP contribution in [0, 0.1) is 6.92 Å². The number of fused-ring (bicyclic) bond motifs is 2. The normalized spacial score (nSPS) is 10.5. The molecule has 1 heterocycles. The Balaban J connectivity index is 0.00000156. The first-order valence-corrected chi connectivity index (χ1v) is 7.42. The summed E-state index contributed by atoms with van der Waals surface area (Å²) in [6.07, 6.45) is 0. The molecule has 2 nitrogen and oxygen atoms in total. The van der Waals surface area contributed by atoms with E-state index in [9.17, 15) is 0 Å². The Hall–Kier alpha value is -2.58. The van der Waals surface area contributed by atoms with Gasteiger partial charge in [-0.05, 0) is 36.8 Å². The van der Waals surface area contributed by atoms with Gasteiger partial charge in [-0.3, -0.25) is 0 Å². The summed E-state index contributed by atoms with van der Waals surface area (Å²) in [5.74, 6) is 0. The van der Waals surface area contributed by atoms with Crippen molar-refractivity contribution in [3.63, 3.8) is 0 Å². The van der Waals surface area contributed by atoms with Crippen LogP contribution in [0.1, 0.15) is 5.56 Å². The lowest BCUT2D eigenvalue weighted by atomic mass is 10.1. The Morgan fingerprint density at radius 2 is 1.35 bits per heavy atom. The number of aryl methyl sites for hydroxylation is 1. The van der Waals surface area contributed by atoms with Crippen molar-refractivity contribution in [3.8, 4) is 0 Å². The lowest BCUT2D eigenvalue weighted by molar-refractivity contribution is 1.45. The molecule has 0 aliphatic carbocycles. The van der Waals surface area contributed by atoms with Gasteiger partial charge in [0.15, 0.2) is 0 Å². The highest BCUT2D eigenvalue weighted by Gasteiger charge is 2.08. The van der Waals surface area contributed by atoms with Crippen LogP contribution in [0.5, 0.6) is 0 Å². The largest absolute Gasteiger partial charge is 0.354 e. The van der Waals surface area contributed by atoms with Crippen molar-refractivity contribution in [2.45, 2.75) is 6.92 Å². The van der Waals surface area contributed by atoms with Crippen LogP contribution in [0.3, 0.4) is 0 Å². The number of rotatable bonds is 2. The molecule has 0 unspecified atom stereocenters. The molecule has 0 atom stereocenters. The quantitative estimate of drug-likeness (QED) is 0.468. The summed E-state index contributed by atoms with van der Waals surface area (Å²) in [6.45, 7) is 2.11. The van der Waals surface area contributed by atoms with Gasteiger partial charge in [-0.15, -0.1) is 12.4 Å². The fourth-order valence-electron chi connectivity index (χ4n) is 2.84. The van der Waals surface area contributed by atoms with Gasteiger partial charge in [-0.2, -0.15) is 0 Å². The maximum atomic E-state index is 4.76. The lowest BCUT2D eigenvalue weighted by Gasteiger charge is -2.13. The molecule has 4 rings (SSSR count). The van der Waals surface area contributed by atoms with Crippen molar-refractivity contribution in [1.29, 1.82) is 0 Å². The van der Waals surface area contributed by atoms with Gasteiger partial charge < -0.3 is 5.32 Å². The first kappa shape index (κ1) is 15.3. The van der Waals surface area contributed by atoms with Gasteiger partial charge in [0, 0.05) is 16.5 Å². The molecular weight excluding hydrogens is 304 g/mol. The second-order valence-electron chi connectivity index (χ2n) is 5.52. The summed E-state index contributed by atoms with van der Waals surface area (Å²) in [7, 11) is 0. The average Bonchev–Trinajstić information content (AvgIpc) is 2.55. The number of hydrogen-bond acceptors (Lipinski definition) is 2. The first-order chi connectivity index (χ1) is 10.8. The SMILES string of the molecule is Cc1cccc(Nc2c3ccccc3nc3ccccc23)c1.Cl. The summed E-state index contributed by atoms with van der Waals surface area (Å²) in [6, 6.07) is 25.0. The Bertz CT molecular complexity index is 925. The van der Waals surface area contributed by atoms with Gasteiger partial charge in [0.05, 0.1) is 16.7 Å². The molecule has 3 aromatic carbocycles. The molecule has 0 fully saturated rings. The predicted molar refractivity (Wildman–Crippen MR) is 101 cm³/mol. The number of nitrogens with one attached hydrogen (secondary N) is 1. The molecule has 3 heteroatoms. The van der Waals surface area contributed by atoms with E-state index in [0.717, 1.165) is 33.2 Å². The van der Waals surface area contributed by atoms with Gasteiger partial charge >= 0.3 is 0 Å². The Labute approximate surface area is 141 Å². The number of pyridine rings is 1. The number of hydrogen-bond donors (Lipinski definition) is 1. The molecule has 1 N–H and O–H groups in total. The fourth-order valence-corrected chi connectivity index (χ4v) is 2.84. The van der Waals surface area contributed by atoms with Crippen LogP contribution < -0.4 is 5.32 Å². The van der Waals surface area contributed by atoms with E-state index in [1.165, 1.54) is 5.56 Å². The van der Waals surface area contributed by atoms with E-state index in [4.69, 9.17) is 4.98 Å². The molecule has 0 aliphatic heterocycles. The van der Waals surface area contributed by atoms with Crippen molar-refractivity contribution < 1.29 is 0 Å². The van der Waals surface area contributed by atoms with Crippen molar-refractivity contribution in [1.82, 2.24) is 4.98 Å². The molecule has 0 saturated heterocycles. The average molecular weight is 321 g/mol. The summed E-state index contributed by atoms with van der Waals surface area (Å²) in [5, 5.41) is 5.87. The summed E-state index contributed by atoms with van der Waals surface area (Å²) < 4.78 is 0. The lowest BCUT2D eigenvalue weighted by Crippen LogP contribution is -1.95. The Morgan fingerprint density at radius 3 is 1.96 bits per heavy atom. The summed E-state index contributed by atoms with van der Waals surface area (Å²) in [5.41, 5.74) is 5.48. The third-order valence-corrected chi connectivity index (χ3v) is 3.88. The zero-order chi connectivity index (χ0) is 14.9. The maximum absolute atomic E-state index is 4.76. The Morgan fingerprint density at radius 1 is 0.739 bits per heavy atom. The molecule has 23 heavy (non-hydrogen) atoms. The van der Waals surface area contributed by atoms with Crippen LogP contribution in [0.2, 0.25) is 0 Å². The highest BCUT2D eigenvalue weighted by molar-refractivity contribution is 6.08. The number of halogens is 1. The summed E-state index contributed by atoms with van der Waals surface area (Å²) >= 11 is 0. The highest BCUT2D eigenvalue weighted by Crippen LogP contribution is 2.32. The maximum Gasteiger partial charge on any atom is 0.0730 e. The third-order valence-electron chi connectivity index (χ3n) is 3.88. The molecule has 1 aromatic heterocycles. The van der Waals surface area contributed by atoms with E-state index in [0.29, 0.717) is 0 Å². The Kier molecular flexibility index (Phi) is 4.18. The number of aromatic nitrogens is 1. The molecule has 0 bridgehead atoms. The topological polar surface area (TPSA) is 24.9 Å². The van der Waals surface area contributed by atoms with Gasteiger partial charge in [0.25, 0.3) is 0 Å². The minimum atomic E-state index is 0. The standard InChI is InChI=1S/C20H16N2.ClH/c1-14-7-6-8-15(13-14)21-20-16-9-2-4-11-18(16)22-19-12-5-3-10-17(19)20;/h2-13H,1H3,(H,21,22);1H. The highest BCUT2D eigenvalue weighted by atomic mass is 35.5. The van der Waals surface area contributed by atoms with E-state index < -0.39 is 0 Å². The number of benzene rings is 3. The molecular formula is C20H17ClN2. The molecule has 0 spiro atoms. The minimum Gasteiger partial charge on any atom is -0.354 e. The van der Waals surface area contributed by atoms with Crippen LogP contribution in [0.4, 0.5) is 11.4 Å². The van der Waals surface area contributed by atoms with Crippen molar-refractivity contribution >= 4 is 45.6 Å². The molecule has 0 saturated carbocycles. The number of anilines is 2. The van der Waals surface area contributed by atoms with Gasteiger partial charge in [-0.1, -0.05) is 48.5 Å². The van der Waals surface area contributed by atoms with E-state index in [1.807, 2.05) is 12.1 Å². The number of nitrogens with zero attached hydrogens (tertiary/aromatic N) is 1. The van der Waals surface area contributed by atoms with Crippen LogP contribution in [-0.4, -0.2) is 4.98 Å². The molecule has 0 radical (unpaired) electrons. The fraction of sp³-hybridized carbons (Fsp3) is 0.0500. The van der Waals surface area contributed by atoms with E-state index in [-0.39, 0.29) is 12.4 Å². The monoisotopic (exact) mass is 320 g/mol. The third kappa shape index (κ3) is 2.86. The van der Waals surface area contributed by atoms with Gasteiger partial charge in [0.2, 0.25) is 0 Å². The predicted octanol–water partition coefficient (Wildman–Crippen LogP) is 5.86. The van der Waals surface area contributed by atoms with Crippen molar-refractivity contribution in [3.05, 3.63) is 78.4 Å². The van der Waals surface area contributed by atoms with E-state index in [1.54, 1.807) is 0 Å². The number of para-hydroxylation sites is 2. The summed E-state index contributed by atoms with van der Waals surface area (Å²) in [4.78, 5) is 4.76. The second-order valence-corrected chi connectivity index (χ2v) is 5.52. The molecule has 4 aromatic rings. The zero-order valence-electron chi connectivity index (χ0n) is 12.8. The smallest absolute Gasteiger partial charge is 0.0730 e. The van der Waals surface area contributed by atoms with Crippen molar-refractivity contribution in [2.75, 3.05) is 5.32 Å². The first-order valence-electron chi connectivity index (χ1n) is 7.42. The second kappa shape index (κ2) is 6.27. The van der Waals surface area contributed by atoms with E-state index >= 15 is 0 Å². The van der Waals surface area contributed by atoms with Gasteiger partial charge in [-0.25, -0.2) is 4.98 Å². The van der Waals surface area contributed by atoms with E-state index in [2.05, 4.69) is 72.9 Å². The molecule has 114 valence electrons. The molecule has 0 aliphatic rings. The van der Waals surface area contributed by atoms with Crippen LogP contribution >= 0.6 is 12.4 Å². The van der Waals surface area contributed by atoms with Crippen LogP contribution in [0.25, 0.3) is 21.8 Å². The van der Waals surface area contributed by atoms with Gasteiger partial charge in [0.1, 0.15) is 0 Å². The molecule has 0 amide bonds. The van der Waals surface area contributed by atoms with Crippen LogP contribution in [0.15, 0.2) is 72.8 Å². The zero-order valence-corrected chi connectivity index (χ0v) is 13.6. The van der Waals surface area contributed by atoms with Crippen LogP contribution in [-0.2, 0) is 0 Å². The minimum absolute atomic E-state index is 0.